The summed E-state index contributed by atoms with van der Waals surface area (Å²) >= 11 is 10.7. The van der Waals surface area contributed by atoms with Crippen molar-refractivity contribution in [1.82, 2.24) is 0 Å². The molecule has 0 radical (unpaired) electrons. The van der Waals surface area contributed by atoms with E-state index in [1.54, 1.807) is 37.4 Å². The molecule has 0 unspecified atom stereocenters. The van der Waals surface area contributed by atoms with Gasteiger partial charge in [0.25, 0.3) is 0 Å². The lowest BCUT2D eigenvalue weighted by Gasteiger charge is -2.10. The Morgan fingerprint density at radius 1 is 0.828 bits per heavy atom. The molecule has 2 aromatic rings. The number of carbonyl (C=O) groups excluding carboxylic acids is 2. The molecule has 0 bridgehead atoms. The zero-order valence-corrected chi connectivity index (χ0v) is 17.6. The number of carbonyl (C=O) groups is 2. The Morgan fingerprint density at radius 2 is 1.31 bits per heavy atom. The normalized spacial score (nSPS) is 9.55. The molecule has 0 heterocycles. The highest BCUT2D eigenvalue weighted by atomic mass is 35.5. The van der Waals surface area contributed by atoms with Crippen LogP contribution in [0.2, 0.25) is 0 Å². The molecule has 0 aliphatic heterocycles. The molecule has 10 heteroatoms. The number of benzene rings is 2. The molecule has 0 aliphatic carbocycles. The summed E-state index contributed by atoms with van der Waals surface area (Å²) in [5.74, 6) is 0.783. The lowest BCUT2D eigenvalue weighted by molar-refractivity contribution is -0.114. The van der Waals surface area contributed by atoms with Gasteiger partial charge in [0.2, 0.25) is 11.8 Å². The number of anilines is 2. The van der Waals surface area contributed by atoms with Gasteiger partial charge in [0, 0.05) is 12.1 Å². The summed E-state index contributed by atoms with van der Waals surface area (Å²) in [6.07, 6.45) is 0. The van der Waals surface area contributed by atoms with Crippen LogP contribution in [-0.4, -0.2) is 50.0 Å². The van der Waals surface area contributed by atoms with E-state index in [0.717, 1.165) is 0 Å². The number of phenolic OH excluding ortho intramolecular Hbond substituents is 1. The van der Waals surface area contributed by atoms with Gasteiger partial charge in [0.15, 0.2) is 0 Å². The van der Waals surface area contributed by atoms with Gasteiger partial charge < -0.3 is 30.0 Å². The third-order valence-electron chi connectivity index (χ3n) is 3.40. The van der Waals surface area contributed by atoms with Crippen molar-refractivity contribution in [2.45, 2.75) is 0 Å². The highest BCUT2D eigenvalue weighted by Crippen LogP contribution is 2.29. The number of amides is 2. The number of ether oxygens (including phenoxy) is 3. The van der Waals surface area contributed by atoms with Crippen LogP contribution in [0.1, 0.15) is 0 Å². The van der Waals surface area contributed by atoms with Crippen molar-refractivity contribution in [3.63, 3.8) is 0 Å². The average molecular weight is 445 g/mol. The van der Waals surface area contributed by atoms with Gasteiger partial charge in [-0.05, 0) is 24.3 Å². The number of hydrogen-bond acceptors (Lipinski definition) is 6. The first-order valence-corrected chi connectivity index (χ1v) is 9.26. The van der Waals surface area contributed by atoms with Crippen molar-refractivity contribution in [1.29, 1.82) is 0 Å². The molecule has 158 valence electrons. The summed E-state index contributed by atoms with van der Waals surface area (Å²) in [4.78, 5) is 22.0. The Morgan fingerprint density at radius 3 is 1.76 bits per heavy atom. The molecule has 2 amide bonds. The van der Waals surface area contributed by atoms with Crippen molar-refractivity contribution in [3.05, 3.63) is 36.4 Å². The Labute approximate surface area is 178 Å². The van der Waals surface area contributed by atoms with Crippen LogP contribution in [0.5, 0.6) is 23.0 Å². The summed E-state index contributed by atoms with van der Waals surface area (Å²) < 4.78 is 15.0. The van der Waals surface area contributed by atoms with Gasteiger partial charge in [0.05, 0.1) is 32.7 Å². The van der Waals surface area contributed by atoms with Crippen LogP contribution >= 0.6 is 23.2 Å². The predicted octanol–water partition coefficient (Wildman–Crippen LogP) is 3.46. The molecule has 2 rings (SSSR count). The van der Waals surface area contributed by atoms with Gasteiger partial charge in [-0.15, -0.1) is 23.2 Å². The zero-order chi connectivity index (χ0) is 21.8. The van der Waals surface area contributed by atoms with Gasteiger partial charge in [-0.25, -0.2) is 0 Å². The summed E-state index contributed by atoms with van der Waals surface area (Å²) in [5.41, 5.74) is 0.889. The third-order valence-corrected chi connectivity index (χ3v) is 3.89. The first-order valence-electron chi connectivity index (χ1n) is 8.19. The fraction of sp³-hybridized carbons (Fsp3) is 0.263. The molecule has 0 fully saturated rings. The van der Waals surface area contributed by atoms with Gasteiger partial charge in [-0.1, -0.05) is 0 Å². The topological polar surface area (TPSA) is 106 Å². The van der Waals surface area contributed by atoms with E-state index < -0.39 is 0 Å². The molecule has 3 N–H and O–H groups in total. The molecule has 29 heavy (non-hydrogen) atoms. The molecule has 0 atom stereocenters. The second kappa shape index (κ2) is 12.6. The molecule has 0 saturated carbocycles. The van der Waals surface area contributed by atoms with Crippen LogP contribution in [0.15, 0.2) is 36.4 Å². The number of phenols is 1. The number of rotatable bonds is 7. The maximum atomic E-state index is 11.1. The highest BCUT2D eigenvalue weighted by Gasteiger charge is 2.08. The quantitative estimate of drug-likeness (QED) is 0.445. The van der Waals surface area contributed by atoms with Gasteiger partial charge in [0.1, 0.15) is 34.8 Å². The van der Waals surface area contributed by atoms with Crippen LogP contribution in [-0.2, 0) is 9.59 Å². The number of aromatic hydroxyl groups is 1. The van der Waals surface area contributed by atoms with E-state index in [0.29, 0.717) is 28.6 Å². The van der Waals surface area contributed by atoms with Crippen LogP contribution in [0.3, 0.4) is 0 Å². The Hall–Kier alpha value is -2.84. The van der Waals surface area contributed by atoms with Crippen molar-refractivity contribution in [3.8, 4) is 23.0 Å². The zero-order valence-electron chi connectivity index (χ0n) is 16.1. The van der Waals surface area contributed by atoms with Crippen molar-refractivity contribution in [2.75, 3.05) is 43.7 Å². The third kappa shape index (κ3) is 7.97. The second-order valence-electron chi connectivity index (χ2n) is 5.31. The molecular formula is C19H22Cl2N2O6. The van der Waals surface area contributed by atoms with Gasteiger partial charge in [-0.2, -0.15) is 0 Å². The van der Waals surface area contributed by atoms with E-state index >= 15 is 0 Å². The van der Waals surface area contributed by atoms with E-state index in [4.69, 9.17) is 37.4 Å². The van der Waals surface area contributed by atoms with E-state index in [1.807, 2.05) is 0 Å². The van der Waals surface area contributed by atoms with E-state index in [1.165, 1.54) is 20.3 Å². The van der Waals surface area contributed by atoms with Crippen LogP contribution in [0.25, 0.3) is 0 Å². The maximum Gasteiger partial charge on any atom is 0.239 e. The predicted molar refractivity (Wildman–Crippen MR) is 113 cm³/mol. The van der Waals surface area contributed by atoms with Crippen molar-refractivity contribution < 1.29 is 28.9 Å². The van der Waals surface area contributed by atoms with Crippen molar-refractivity contribution in [2.24, 2.45) is 0 Å². The van der Waals surface area contributed by atoms with Gasteiger partial charge >= 0.3 is 0 Å². The van der Waals surface area contributed by atoms with Crippen molar-refractivity contribution >= 4 is 46.4 Å². The number of nitrogens with one attached hydrogen (secondary N) is 2. The SMILES string of the molecule is COc1ccc(NC(=O)CCl)c(O)c1.COc1ccc(NC(=O)CCl)c(OC)c1. The lowest BCUT2D eigenvalue weighted by atomic mass is 10.2. The van der Waals surface area contributed by atoms with E-state index in [-0.39, 0.29) is 29.3 Å². The fourth-order valence-corrected chi connectivity index (χ4v) is 2.15. The molecular weight excluding hydrogens is 423 g/mol. The van der Waals surface area contributed by atoms with Crippen LogP contribution in [0.4, 0.5) is 11.4 Å². The number of methoxy groups -OCH3 is 3. The lowest BCUT2D eigenvalue weighted by Crippen LogP contribution is -2.13. The summed E-state index contributed by atoms with van der Waals surface area (Å²) in [5, 5.41) is 14.5. The molecule has 0 aliphatic rings. The van der Waals surface area contributed by atoms with Gasteiger partial charge in [-0.3, -0.25) is 9.59 Å². The summed E-state index contributed by atoms with van der Waals surface area (Å²) in [7, 11) is 4.57. The molecule has 8 nitrogen and oxygen atoms in total. The van der Waals surface area contributed by atoms with E-state index in [2.05, 4.69) is 10.6 Å². The Bertz CT molecular complexity index is 832. The first-order chi connectivity index (χ1) is 13.9. The Balaban J connectivity index is 0.000000291. The number of halogens is 2. The minimum Gasteiger partial charge on any atom is -0.506 e. The van der Waals surface area contributed by atoms with Crippen LogP contribution in [0, 0.1) is 0 Å². The maximum absolute atomic E-state index is 11.1. The van der Waals surface area contributed by atoms with E-state index in [9.17, 15) is 14.7 Å². The minimum atomic E-state index is -0.368. The fourth-order valence-electron chi connectivity index (χ4n) is 2.01. The standard InChI is InChI=1S/C10H12ClNO3.C9H10ClNO3/c1-14-7-3-4-8(9(5-7)15-2)12-10(13)6-11;1-14-6-2-3-7(8(12)4-6)11-9(13)5-10/h3-5H,6H2,1-2H3,(H,12,13);2-4,12H,5H2,1H3,(H,11,13). The minimum absolute atomic E-state index is 0.0529. The highest BCUT2D eigenvalue weighted by molar-refractivity contribution is 6.29. The molecule has 0 spiro atoms. The summed E-state index contributed by atoms with van der Waals surface area (Å²) in [6, 6.07) is 9.68. The number of alkyl halides is 2. The largest absolute Gasteiger partial charge is 0.506 e. The summed E-state index contributed by atoms with van der Waals surface area (Å²) in [6.45, 7) is 0. The van der Waals surface area contributed by atoms with Crippen LogP contribution < -0.4 is 24.8 Å². The Kier molecular flexibility index (Phi) is 10.5. The monoisotopic (exact) mass is 444 g/mol. The molecule has 0 aromatic heterocycles. The molecule has 2 aromatic carbocycles. The molecule has 0 saturated heterocycles. The average Bonchev–Trinajstić information content (AvgIpc) is 2.75. The second-order valence-corrected chi connectivity index (χ2v) is 5.85. The first kappa shape index (κ1) is 24.2. The number of hydrogen-bond donors (Lipinski definition) is 3. The smallest absolute Gasteiger partial charge is 0.239 e.